The van der Waals surface area contributed by atoms with Crippen molar-refractivity contribution in [2.75, 3.05) is 58.4 Å². The molecule has 1 aliphatic rings. The lowest BCUT2D eigenvalue weighted by molar-refractivity contribution is 0.138. The molecule has 0 radical (unpaired) electrons. The molecule has 0 spiro atoms. The van der Waals surface area contributed by atoms with Crippen LogP contribution in [0.1, 0.15) is 44.3 Å². The van der Waals surface area contributed by atoms with Crippen LogP contribution in [0.15, 0.2) is 0 Å². The third-order valence-corrected chi connectivity index (χ3v) is 4.53. The van der Waals surface area contributed by atoms with Crippen molar-refractivity contribution >= 4 is 11.9 Å². The molecule has 8 heteroatoms. The molecule has 2 rings (SSSR count). The van der Waals surface area contributed by atoms with Gasteiger partial charge in [-0.25, -0.2) is 0 Å². The molecule has 1 aromatic rings. The van der Waals surface area contributed by atoms with E-state index in [9.17, 15) is 0 Å². The Kier molecular flexibility index (Phi) is 7.80. The summed E-state index contributed by atoms with van der Waals surface area (Å²) < 4.78 is 15.7. The molecule has 0 bridgehead atoms. The quantitative estimate of drug-likeness (QED) is 0.626. The fourth-order valence-electron chi connectivity index (χ4n) is 3.10. The predicted molar refractivity (Wildman–Crippen MR) is 96.7 cm³/mol. The van der Waals surface area contributed by atoms with Gasteiger partial charge in [-0.1, -0.05) is 19.8 Å². The van der Waals surface area contributed by atoms with Gasteiger partial charge in [0.05, 0.1) is 0 Å². The maximum atomic E-state index is 5.27. The monoisotopic (exact) mass is 353 g/mol. The molecule has 25 heavy (non-hydrogen) atoms. The van der Waals surface area contributed by atoms with Crippen molar-refractivity contribution in [2.45, 2.75) is 38.5 Å². The Morgan fingerprint density at radius 2 is 1.40 bits per heavy atom. The Balaban J connectivity index is 2.33. The minimum Gasteiger partial charge on any atom is -0.364 e. The number of hydrogen-bond acceptors (Lipinski definition) is 8. The molecule has 0 saturated heterocycles. The molecule has 8 nitrogen and oxygen atoms in total. The Hall–Kier alpha value is -1.51. The Labute approximate surface area is 150 Å². The van der Waals surface area contributed by atoms with Crippen LogP contribution in [-0.4, -0.2) is 63.5 Å². The third-order valence-electron chi connectivity index (χ3n) is 4.53. The van der Waals surface area contributed by atoms with Gasteiger partial charge >= 0.3 is 0 Å². The highest BCUT2D eigenvalue weighted by Gasteiger charge is 2.25. The summed E-state index contributed by atoms with van der Waals surface area (Å²) in [7, 11) is 6.85. The molecule has 0 amide bonds. The molecule has 1 fully saturated rings. The van der Waals surface area contributed by atoms with Crippen LogP contribution in [-0.2, 0) is 14.2 Å². The number of rotatable bonds is 9. The first-order chi connectivity index (χ1) is 12.1. The normalized spacial score (nSPS) is 20.5. The summed E-state index contributed by atoms with van der Waals surface area (Å²) in [6.45, 7) is 3.43. The number of nitrogens with zero attached hydrogens (tertiary/aromatic N) is 5. The molecule has 0 aromatic carbocycles. The van der Waals surface area contributed by atoms with Gasteiger partial charge in [-0.05, 0) is 18.8 Å². The SMILES string of the molecule is COCN(C)c1nc(C2CCC(C)CC2)nc(N(COC)COC)n1. The van der Waals surface area contributed by atoms with Crippen LogP contribution < -0.4 is 9.80 Å². The zero-order valence-electron chi connectivity index (χ0n) is 16.1. The summed E-state index contributed by atoms with van der Waals surface area (Å²) >= 11 is 0. The number of ether oxygens (including phenoxy) is 3. The predicted octanol–water partition coefficient (Wildman–Crippen LogP) is 2.22. The minimum atomic E-state index is 0.354. The second kappa shape index (κ2) is 9.84. The van der Waals surface area contributed by atoms with Crippen molar-refractivity contribution < 1.29 is 14.2 Å². The van der Waals surface area contributed by atoms with E-state index in [0.717, 1.165) is 24.6 Å². The summed E-state index contributed by atoms with van der Waals surface area (Å²) in [4.78, 5) is 17.8. The van der Waals surface area contributed by atoms with Crippen LogP contribution in [0, 0.1) is 5.92 Å². The van der Waals surface area contributed by atoms with Crippen molar-refractivity contribution in [1.29, 1.82) is 0 Å². The van der Waals surface area contributed by atoms with Gasteiger partial charge in [0.15, 0.2) is 0 Å². The van der Waals surface area contributed by atoms with Crippen LogP contribution in [0.3, 0.4) is 0 Å². The maximum absolute atomic E-state index is 5.27. The molecule has 142 valence electrons. The van der Waals surface area contributed by atoms with Crippen LogP contribution in [0.25, 0.3) is 0 Å². The van der Waals surface area contributed by atoms with Gasteiger partial charge in [0, 0.05) is 34.3 Å². The maximum Gasteiger partial charge on any atom is 0.234 e. The van der Waals surface area contributed by atoms with Crippen LogP contribution in [0.5, 0.6) is 0 Å². The lowest BCUT2D eigenvalue weighted by Gasteiger charge is -2.28. The third kappa shape index (κ3) is 5.49. The number of hydrogen-bond donors (Lipinski definition) is 0. The Bertz CT molecular complexity index is 517. The summed E-state index contributed by atoms with van der Waals surface area (Å²) in [5.41, 5.74) is 0. The molecule has 1 saturated carbocycles. The van der Waals surface area contributed by atoms with Crippen LogP contribution in [0.2, 0.25) is 0 Å². The fourth-order valence-corrected chi connectivity index (χ4v) is 3.10. The van der Waals surface area contributed by atoms with Crippen molar-refractivity contribution in [3.05, 3.63) is 5.82 Å². The second-order valence-corrected chi connectivity index (χ2v) is 6.74. The van der Waals surface area contributed by atoms with E-state index in [1.807, 2.05) is 16.8 Å². The van der Waals surface area contributed by atoms with Crippen molar-refractivity contribution in [3.8, 4) is 0 Å². The van der Waals surface area contributed by atoms with Gasteiger partial charge in [0.1, 0.15) is 26.0 Å². The highest BCUT2D eigenvalue weighted by Crippen LogP contribution is 2.34. The van der Waals surface area contributed by atoms with E-state index in [2.05, 4.69) is 11.9 Å². The molecule has 1 aliphatic carbocycles. The molecular formula is C17H31N5O3. The summed E-state index contributed by atoms with van der Waals surface area (Å²) in [6.07, 6.45) is 4.67. The second-order valence-electron chi connectivity index (χ2n) is 6.74. The topological polar surface area (TPSA) is 72.8 Å². The van der Waals surface area contributed by atoms with E-state index in [-0.39, 0.29) is 0 Å². The van der Waals surface area contributed by atoms with Gasteiger partial charge in [-0.15, -0.1) is 0 Å². The molecule has 1 heterocycles. The van der Waals surface area contributed by atoms with E-state index < -0.39 is 0 Å². The van der Waals surface area contributed by atoms with E-state index >= 15 is 0 Å². The van der Waals surface area contributed by atoms with E-state index in [4.69, 9.17) is 24.2 Å². The molecule has 0 unspecified atom stereocenters. The zero-order chi connectivity index (χ0) is 18.2. The number of methoxy groups -OCH3 is 3. The van der Waals surface area contributed by atoms with Crippen molar-refractivity contribution in [3.63, 3.8) is 0 Å². The average molecular weight is 353 g/mol. The highest BCUT2D eigenvalue weighted by molar-refractivity contribution is 5.38. The Morgan fingerprint density at radius 1 is 0.840 bits per heavy atom. The van der Waals surface area contributed by atoms with Crippen molar-refractivity contribution in [2.24, 2.45) is 5.92 Å². The molecule has 0 aliphatic heterocycles. The average Bonchev–Trinajstić information content (AvgIpc) is 2.62. The van der Waals surface area contributed by atoms with Gasteiger partial charge in [0.25, 0.3) is 0 Å². The smallest absolute Gasteiger partial charge is 0.234 e. The highest BCUT2D eigenvalue weighted by atomic mass is 16.5. The number of aromatic nitrogens is 3. The summed E-state index contributed by atoms with van der Waals surface area (Å²) in [5, 5.41) is 0. The largest absolute Gasteiger partial charge is 0.364 e. The standard InChI is InChI=1S/C17H31N5O3/c1-13-6-8-14(9-7-13)15-18-16(21(2)10-23-3)20-17(19-15)22(11-24-4)12-25-5/h13-14H,6-12H2,1-5H3. The van der Waals surface area contributed by atoms with Crippen molar-refractivity contribution in [1.82, 2.24) is 15.0 Å². The van der Waals surface area contributed by atoms with Crippen LogP contribution in [0.4, 0.5) is 11.9 Å². The molecule has 1 aromatic heterocycles. The van der Waals surface area contributed by atoms with Gasteiger partial charge in [0.2, 0.25) is 11.9 Å². The lowest BCUT2D eigenvalue weighted by Crippen LogP contribution is -2.32. The van der Waals surface area contributed by atoms with Gasteiger partial charge in [-0.3, -0.25) is 4.90 Å². The van der Waals surface area contributed by atoms with Gasteiger partial charge < -0.3 is 19.1 Å². The van der Waals surface area contributed by atoms with Gasteiger partial charge in [-0.2, -0.15) is 15.0 Å². The summed E-state index contributed by atoms with van der Waals surface area (Å²) in [6, 6.07) is 0. The fraction of sp³-hybridized carbons (Fsp3) is 0.824. The lowest BCUT2D eigenvalue weighted by atomic mass is 9.82. The molecule has 0 N–H and O–H groups in total. The Morgan fingerprint density at radius 3 is 1.96 bits per heavy atom. The molecular weight excluding hydrogens is 322 g/mol. The number of anilines is 2. The zero-order valence-corrected chi connectivity index (χ0v) is 16.1. The molecule has 0 atom stereocenters. The van der Waals surface area contributed by atoms with E-state index in [0.29, 0.717) is 38.0 Å². The summed E-state index contributed by atoms with van der Waals surface area (Å²) in [5.74, 6) is 3.20. The van der Waals surface area contributed by atoms with E-state index in [1.165, 1.54) is 12.8 Å². The first-order valence-corrected chi connectivity index (χ1v) is 8.77. The van der Waals surface area contributed by atoms with E-state index in [1.54, 1.807) is 21.3 Å². The minimum absolute atomic E-state index is 0.354. The first-order valence-electron chi connectivity index (χ1n) is 8.77. The first kappa shape index (κ1) is 19.8. The van der Waals surface area contributed by atoms with Crippen LogP contribution >= 0.6 is 0 Å².